The van der Waals surface area contributed by atoms with Crippen LogP contribution in [0.15, 0.2) is 97.1 Å². The van der Waals surface area contributed by atoms with Gasteiger partial charge in [0.25, 0.3) is 0 Å². The molecule has 0 saturated heterocycles. The Kier molecular flexibility index (Phi) is 3.64. The lowest BCUT2D eigenvalue weighted by Gasteiger charge is -2.18. The zero-order valence-corrected chi connectivity index (χ0v) is 18.4. The zero-order chi connectivity index (χ0) is 21.4. The van der Waals surface area contributed by atoms with Gasteiger partial charge in [-0.05, 0) is 54.9 Å². The van der Waals surface area contributed by atoms with Crippen LogP contribution in [0.5, 0.6) is 0 Å². The second-order valence-corrected chi connectivity index (χ2v) is 9.50. The topological polar surface area (TPSA) is 0 Å². The van der Waals surface area contributed by atoms with Gasteiger partial charge in [0.1, 0.15) is 0 Å². The van der Waals surface area contributed by atoms with E-state index in [0.717, 1.165) is 0 Å². The first-order valence-electron chi connectivity index (χ1n) is 11.6. The second kappa shape index (κ2) is 6.47. The summed E-state index contributed by atoms with van der Waals surface area (Å²) < 4.78 is 0. The number of fused-ring (bicyclic) bond motifs is 4. The third-order valence-corrected chi connectivity index (χ3v) is 7.45. The first-order chi connectivity index (χ1) is 15.7. The molecule has 0 saturated carbocycles. The second-order valence-electron chi connectivity index (χ2n) is 9.50. The monoisotopic (exact) mass is 406 g/mol. The van der Waals surface area contributed by atoms with E-state index in [-0.39, 0.29) is 6.71 Å². The minimum Gasteiger partial charge on any atom is -0.0686 e. The first kappa shape index (κ1) is 18.0. The Morgan fingerprint density at radius 3 is 2.12 bits per heavy atom. The summed E-state index contributed by atoms with van der Waals surface area (Å²) in [5.41, 5.74) is 8.48. The Labute approximate surface area is 188 Å². The normalized spacial score (nSPS) is 12.9. The molecule has 0 spiro atoms. The SMILES string of the molecule is CC(C)c1ccc2ccc3c4c(cc5ccc1c2c53)B(c1ccccc1)c1ccccc1-4. The van der Waals surface area contributed by atoms with E-state index in [1.165, 1.54) is 65.4 Å². The highest BCUT2D eigenvalue weighted by atomic mass is 14.2. The Hall–Kier alpha value is -3.58. The highest BCUT2D eigenvalue weighted by molar-refractivity contribution is 6.99. The quantitative estimate of drug-likeness (QED) is 0.237. The van der Waals surface area contributed by atoms with Crippen molar-refractivity contribution in [2.24, 2.45) is 0 Å². The molecule has 1 heteroatoms. The van der Waals surface area contributed by atoms with Crippen LogP contribution in [0.4, 0.5) is 0 Å². The van der Waals surface area contributed by atoms with E-state index in [0.29, 0.717) is 5.92 Å². The van der Waals surface area contributed by atoms with Crippen molar-refractivity contribution in [2.45, 2.75) is 19.8 Å². The molecule has 0 bridgehead atoms. The van der Waals surface area contributed by atoms with Crippen LogP contribution in [0.3, 0.4) is 0 Å². The molecule has 0 unspecified atom stereocenters. The van der Waals surface area contributed by atoms with Crippen LogP contribution < -0.4 is 16.4 Å². The molecule has 150 valence electrons. The highest BCUT2D eigenvalue weighted by Gasteiger charge is 2.34. The van der Waals surface area contributed by atoms with Gasteiger partial charge < -0.3 is 0 Å². The number of rotatable bonds is 2. The van der Waals surface area contributed by atoms with Crippen molar-refractivity contribution in [3.63, 3.8) is 0 Å². The van der Waals surface area contributed by atoms with E-state index in [1.54, 1.807) is 0 Å². The van der Waals surface area contributed by atoms with Gasteiger partial charge in [-0.1, -0.05) is 127 Å². The van der Waals surface area contributed by atoms with E-state index >= 15 is 0 Å². The maximum atomic E-state index is 2.47. The van der Waals surface area contributed by atoms with E-state index in [1.807, 2.05) is 0 Å². The molecule has 0 N–H and O–H groups in total. The van der Waals surface area contributed by atoms with Crippen LogP contribution in [-0.4, -0.2) is 6.71 Å². The lowest BCUT2D eigenvalue weighted by atomic mass is 9.39. The lowest BCUT2D eigenvalue weighted by Crippen LogP contribution is -2.48. The molecule has 0 nitrogen and oxygen atoms in total. The molecular formula is C31H23B. The predicted octanol–water partition coefficient (Wildman–Crippen LogP) is 6.20. The van der Waals surface area contributed by atoms with Gasteiger partial charge in [0.05, 0.1) is 0 Å². The molecule has 1 aliphatic heterocycles. The zero-order valence-electron chi connectivity index (χ0n) is 18.4. The van der Waals surface area contributed by atoms with E-state index in [4.69, 9.17) is 0 Å². The van der Waals surface area contributed by atoms with Gasteiger partial charge in [-0.3, -0.25) is 0 Å². The molecular weight excluding hydrogens is 383 g/mol. The van der Waals surface area contributed by atoms with Crippen molar-refractivity contribution >= 4 is 55.4 Å². The Bertz CT molecular complexity index is 1640. The summed E-state index contributed by atoms with van der Waals surface area (Å²) in [6.45, 7) is 4.88. The Balaban J connectivity index is 1.66. The van der Waals surface area contributed by atoms with E-state index in [9.17, 15) is 0 Å². The summed E-state index contributed by atoms with van der Waals surface area (Å²) in [5, 5.41) is 8.34. The van der Waals surface area contributed by atoms with Gasteiger partial charge in [0.2, 0.25) is 6.71 Å². The average molecular weight is 406 g/mol. The maximum absolute atomic E-state index is 2.47. The van der Waals surface area contributed by atoms with Gasteiger partial charge in [0, 0.05) is 0 Å². The van der Waals surface area contributed by atoms with Crippen LogP contribution in [0.2, 0.25) is 0 Å². The minimum atomic E-state index is 0.288. The average Bonchev–Trinajstić information content (AvgIpc) is 3.16. The van der Waals surface area contributed by atoms with Crippen LogP contribution in [0.1, 0.15) is 25.3 Å². The largest absolute Gasteiger partial charge is 0.242 e. The number of hydrogen-bond acceptors (Lipinski definition) is 0. The highest BCUT2D eigenvalue weighted by Crippen LogP contribution is 2.41. The van der Waals surface area contributed by atoms with Crippen molar-refractivity contribution in [1.82, 2.24) is 0 Å². The summed E-state index contributed by atoms with van der Waals surface area (Å²) in [6.07, 6.45) is 0. The van der Waals surface area contributed by atoms with Crippen molar-refractivity contribution in [3.05, 3.63) is 103 Å². The van der Waals surface area contributed by atoms with Gasteiger partial charge in [-0.25, -0.2) is 0 Å². The van der Waals surface area contributed by atoms with Crippen LogP contribution in [0, 0.1) is 0 Å². The smallest absolute Gasteiger partial charge is 0.0686 e. The van der Waals surface area contributed by atoms with Gasteiger partial charge in [-0.2, -0.15) is 0 Å². The van der Waals surface area contributed by atoms with Crippen molar-refractivity contribution in [3.8, 4) is 11.1 Å². The molecule has 0 aromatic heterocycles. The van der Waals surface area contributed by atoms with Crippen LogP contribution in [0.25, 0.3) is 43.4 Å². The van der Waals surface area contributed by atoms with Gasteiger partial charge >= 0.3 is 0 Å². The molecule has 6 aromatic carbocycles. The molecule has 0 radical (unpaired) electrons. The molecule has 1 heterocycles. The summed E-state index contributed by atoms with van der Waals surface area (Å²) in [7, 11) is 0. The Morgan fingerprint density at radius 2 is 1.28 bits per heavy atom. The fourth-order valence-corrected chi connectivity index (χ4v) is 6.10. The van der Waals surface area contributed by atoms with Crippen molar-refractivity contribution < 1.29 is 0 Å². The molecule has 1 aliphatic rings. The molecule has 6 aromatic rings. The third kappa shape index (κ3) is 2.29. The summed E-state index contributed by atoms with van der Waals surface area (Å²) in [6, 6.07) is 36.5. The van der Waals surface area contributed by atoms with Crippen molar-refractivity contribution in [2.75, 3.05) is 0 Å². The summed E-state index contributed by atoms with van der Waals surface area (Å²) >= 11 is 0. The molecule has 0 amide bonds. The molecule has 7 rings (SSSR count). The fourth-order valence-electron chi connectivity index (χ4n) is 6.10. The molecule has 0 atom stereocenters. The maximum Gasteiger partial charge on any atom is 0.242 e. The van der Waals surface area contributed by atoms with E-state index < -0.39 is 0 Å². The molecule has 0 aliphatic carbocycles. The lowest BCUT2D eigenvalue weighted by molar-refractivity contribution is 0.877. The first-order valence-corrected chi connectivity index (χ1v) is 11.6. The summed E-state index contributed by atoms with van der Waals surface area (Å²) in [5.74, 6) is 0.508. The number of benzene rings is 6. The molecule has 0 fully saturated rings. The third-order valence-electron chi connectivity index (χ3n) is 7.45. The van der Waals surface area contributed by atoms with Gasteiger partial charge in [-0.15, -0.1) is 0 Å². The molecule has 32 heavy (non-hydrogen) atoms. The minimum absolute atomic E-state index is 0.288. The van der Waals surface area contributed by atoms with Crippen LogP contribution in [-0.2, 0) is 0 Å². The number of hydrogen-bond donors (Lipinski definition) is 0. The fraction of sp³-hybridized carbons (Fsp3) is 0.0968. The summed E-state index contributed by atoms with van der Waals surface area (Å²) in [4.78, 5) is 0. The van der Waals surface area contributed by atoms with Crippen LogP contribution >= 0.6 is 0 Å². The Morgan fingerprint density at radius 1 is 0.594 bits per heavy atom. The predicted molar refractivity (Wildman–Crippen MR) is 141 cm³/mol. The van der Waals surface area contributed by atoms with E-state index in [2.05, 4.69) is 111 Å². The van der Waals surface area contributed by atoms with Crippen molar-refractivity contribution in [1.29, 1.82) is 0 Å². The standard InChI is InChI=1S/C31H23B/c1-19(2)23-15-12-20-13-17-26-30-21(14-16-24(23)29(20)30)18-28-31(26)25-10-6-7-11-27(25)32(28)22-8-4-3-5-9-22/h3-19H,1-2H3. The van der Waals surface area contributed by atoms with Gasteiger partial charge in [0.15, 0.2) is 0 Å².